The van der Waals surface area contributed by atoms with Gasteiger partial charge in [0.05, 0.1) is 11.5 Å². The number of hydrogen-bond donors (Lipinski definition) is 1. The highest BCUT2D eigenvalue weighted by Crippen LogP contribution is 2.28. The Balaban J connectivity index is 1.54. The summed E-state index contributed by atoms with van der Waals surface area (Å²) in [5.41, 5.74) is 5.07. The van der Waals surface area contributed by atoms with Crippen molar-refractivity contribution in [2.45, 2.75) is 12.1 Å². The van der Waals surface area contributed by atoms with Gasteiger partial charge in [-0.2, -0.15) is 5.10 Å². The number of hydrazone groups is 1. The smallest absolute Gasteiger partial charge is 0.250 e. The molecule has 4 rings (SSSR count). The first kappa shape index (κ1) is 21.2. The lowest BCUT2D eigenvalue weighted by atomic mass is 10.2. The third-order valence-corrected chi connectivity index (χ3v) is 6.37. The lowest BCUT2D eigenvalue weighted by Gasteiger charge is -2.10. The van der Waals surface area contributed by atoms with Crippen LogP contribution in [0.4, 0.5) is 0 Å². The van der Waals surface area contributed by atoms with Crippen LogP contribution >= 0.6 is 34.7 Å². The fourth-order valence-electron chi connectivity index (χ4n) is 2.72. The van der Waals surface area contributed by atoms with Crippen molar-refractivity contribution >= 4 is 46.3 Å². The highest BCUT2D eigenvalue weighted by atomic mass is 35.5. The minimum absolute atomic E-state index is 0.142. The summed E-state index contributed by atoms with van der Waals surface area (Å²) in [6.07, 6.45) is 3.40. The Morgan fingerprint density at radius 2 is 1.94 bits per heavy atom. The SMILES string of the molecule is C/C(=N/NC(=O)CSc1nnc(-c2ccncc2)n1-c1ccc(Cl)cc1)c1cccs1. The molecule has 7 nitrogen and oxygen atoms in total. The number of thiophene rings is 1. The molecule has 0 saturated heterocycles. The minimum atomic E-state index is -0.225. The number of aromatic nitrogens is 4. The Bertz CT molecular complexity index is 1190. The number of pyridine rings is 1. The van der Waals surface area contributed by atoms with Gasteiger partial charge in [-0.15, -0.1) is 21.5 Å². The number of amides is 1. The van der Waals surface area contributed by atoms with Crippen LogP contribution in [-0.4, -0.2) is 37.1 Å². The second-order valence-corrected chi connectivity index (χ2v) is 8.68. The van der Waals surface area contributed by atoms with Gasteiger partial charge in [-0.05, 0) is 54.8 Å². The molecule has 0 aliphatic carbocycles. The van der Waals surface area contributed by atoms with Crippen molar-refractivity contribution in [3.63, 3.8) is 0 Å². The summed E-state index contributed by atoms with van der Waals surface area (Å²) in [6, 6.07) is 15.0. The standard InChI is InChI=1S/C21H17ClN6OS2/c1-14(18-3-2-12-30-18)24-25-19(29)13-31-21-27-26-20(15-8-10-23-11-9-15)28(21)17-6-4-16(22)5-7-17/h2-12H,13H2,1H3,(H,25,29)/b24-14-. The van der Waals surface area contributed by atoms with Crippen molar-refractivity contribution in [1.82, 2.24) is 25.2 Å². The number of hydrogen-bond acceptors (Lipinski definition) is 7. The molecule has 156 valence electrons. The molecule has 0 spiro atoms. The number of benzene rings is 1. The van der Waals surface area contributed by atoms with E-state index in [2.05, 4.69) is 25.7 Å². The van der Waals surface area contributed by atoms with Crippen LogP contribution in [0.5, 0.6) is 0 Å². The quantitative estimate of drug-likeness (QED) is 0.242. The summed E-state index contributed by atoms with van der Waals surface area (Å²) < 4.78 is 1.89. The second kappa shape index (κ2) is 9.86. The predicted molar refractivity (Wildman–Crippen MR) is 125 cm³/mol. The van der Waals surface area contributed by atoms with Crippen LogP contribution in [0.3, 0.4) is 0 Å². The van der Waals surface area contributed by atoms with Crippen molar-refractivity contribution in [2.75, 3.05) is 5.75 Å². The Hall–Kier alpha value is -3.01. The van der Waals surface area contributed by atoms with Gasteiger partial charge >= 0.3 is 0 Å². The number of thioether (sulfide) groups is 1. The second-order valence-electron chi connectivity index (χ2n) is 6.35. The molecule has 0 aliphatic rings. The van der Waals surface area contributed by atoms with Gasteiger partial charge in [-0.25, -0.2) is 5.43 Å². The first-order valence-corrected chi connectivity index (χ1v) is 11.5. The Morgan fingerprint density at radius 1 is 1.16 bits per heavy atom. The number of nitrogens with zero attached hydrogens (tertiary/aromatic N) is 5. The topological polar surface area (TPSA) is 85.1 Å². The number of nitrogens with one attached hydrogen (secondary N) is 1. The summed E-state index contributed by atoms with van der Waals surface area (Å²) in [4.78, 5) is 17.4. The van der Waals surface area contributed by atoms with Gasteiger partial charge in [0.25, 0.3) is 5.91 Å². The zero-order chi connectivity index (χ0) is 21.6. The van der Waals surface area contributed by atoms with Crippen LogP contribution in [0.15, 0.2) is 76.6 Å². The molecule has 1 aromatic carbocycles. The molecule has 3 aromatic heterocycles. The minimum Gasteiger partial charge on any atom is -0.272 e. The highest BCUT2D eigenvalue weighted by molar-refractivity contribution is 7.99. The van der Waals surface area contributed by atoms with Gasteiger partial charge < -0.3 is 0 Å². The van der Waals surface area contributed by atoms with Crippen LogP contribution < -0.4 is 5.43 Å². The van der Waals surface area contributed by atoms with E-state index in [-0.39, 0.29) is 11.7 Å². The van der Waals surface area contributed by atoms with Crippen LogP contribution in [0.1, 0.15) is 11.8 Å². The molecule has 0 unspecified atom stereocenters. The summed E-state index contributed by atoms with van der Waals surface area (Å²) in [6.45, 7) is 1.86. The molecule has 4 aromatic rings. The van der Waals surface area contributed by atoms with E-state index in [9.17, 15) is 4.79 Å². The van der Waals surface area contributed by atoms with E-state index < -0.39 is 0 Å². The third kappa shape index (κ3) is 5.19. The maximum Gasteiger partial charge on any atom is 0.250 e. The van der Waals surface area contributed by atoms with E-state index in [0.717, 1.165) is 21.8 Å². The van der Waals surface area contributed by atoms with Gasteiger partial charge in [0, 0.05) is 33.5 Å². The van der Waals surface area contributed by atoms with Gasteiger partial charge in [0.15, 0.2) is 11.0 Å². The molecule has 0 aliphatic heterocycles. The van der Waals surface area contributed by atoms with E-state index in [1.165, 1.54) is 11.8 Å². The Kier molecular flexibility index (Phi) is 6.76. The summed E-state index contributed by atoms with van der Waals surface area (Å²) >= 11 is 8.90. The Morgan fingerprint density at radius 3 is 2.65 bits per heavy atom. The average molecular weight is 469 g/mol. The molecule has 31 heavy (non-hydrogen) atoms. The van der Waals surface area contributed by atoms with Crippen LogP contribution in [-0.2, 0) is 4.79 Å². The molecule has 1 amide bonds. The fraction of sp³-hybridized carbons (Fsp3) is 0.0952. The molecule has 0 fully saturated rings. The summed E-state index contributed by atoms with van der Waals surface area (Å²) in [5.74, 6) is 0.569. The summed E-state index contributed by atoms with van der Waals surface area (Å²) in [7, 11) is 0. The molecule has 1 N–H and O–H groups in total. The fourth-order valence-corrected chi connectivity index (χ4v) is 4.27. The zero-order valence-electron chi connectivity index (χ0n) is 16.4. The van der Waals surface area contributed by atoms with Gasteiger partial charge in [-0.3, -0.25) is 14.3 Å². The number of rotatable bonds is 7. The number of halogens is 1. The van der Waals surface area contributed by atoms with Crippen LogP contribution in [0, 0.1) is 0 Å². The zero-order valence-corrected chi connectivity index (χ0v) is 18.8. The maximum atomic E-state index is 12.3. The van der Waals surface area contributed by atoms with E-state index in [4.69, 9.17) is 11.6 Å². The molecule has 3 heterocycles. The highest BCUT2D eigenvalue weighted by Gasteiger charge is 2.17. The van der Waals surface area contributed by atoms with Gasteiger partial charge in [0.1, 0.15) is 0 Å². The molecular formula is C21H17ClN6OS2. The largest absolute Gasteiger partial charge is 0.272 e. The average Bonchev–Trinajstić information content (AvgIpc) is 3.48. The van der Waals surface area contributed by atoms with E-state index >= 15 is 0 Å². The predicted octanol–water partition coefficient (Wildman–Crippen LogP) is 4.68. The van der Waals surface area contributed by atoms with Gasteiger partial charge in [0.2, 0.25) is 0 Å². The normalized spacial score (nSPS) is 11.5. The first-order valence-electron chi connectivity index (χ1n) is 9.23. The molecule has 10 heteroatoms. The number of carbonyl (C=O) groups is 1. The molecule has 0 radical (unpaired) electrons. The van der Waals surface area contributed by atoms with Crippen molar-refractivity contribution < 1.29 is 4.79 Å². The van der Waals surface area contributed by atoms with Crippen molar-refractivity contribution in [3.8, 4) is 17.1 Å². The lowest BCUT2D eigenvalue weighted by molar-refractivity contribution is -0.118. The van der Waals surface area contributed by atoms with Gasteiger partial charge in [-0.1, -0.05) is 29.4 Å². The Labute approximate surface area is 192 Å². The van der Waals surface area contributed by atoms with Crippen molar-refractivity contribution in [2.24, 2.45) is 5.10 Å². The van der Waals surface area contributed by atoms with Crippen molar-refractivity contribution in [1.29, 1.82) is 0 Å². The monoisotopic (exact) mass is 468 g/mol. The van der Waals surface area contributed by atoms with Crippen LogP contribution in [0.2, 0.25) is 5.02 Å². The lowest BCUT2D eigenvalue weighted by Crippen LogP contribution is -2.21. The molecule has 0 bridgehead atoms. The maximum absolute atomic E-state index is 12.3. The van der Waals surface area contributed by atoms with E-state index in [1.54, 1.807) is 35.9 Å². The van der Waals surface area contributed by atoms with Crippen LogP contribution in [0.25, 0.3) is 17.1 Å². The van der Waals surface area contributed by atoms with E-state index in [1.807, 2.05) is 53.3 Å². The van der Waals surface area contributed by atoms with E-state index in [0.29, 0.717) is 16.0 Å². The first-order chi connectivity index (χ1) is 15.1. The molecular weight excluding hydrogens is 452 g/mol. The number of carbonyl (C=O) groups excluding carboxylic acids is 1. The third-order valence-electron chi connectivity index (χ3n) is 4.22. The van der Waals surface area contributed by atoms with Crippen molar-refractivity contribution in [3.05, 3.63) is 76.2 Å². The summed E-state index contributed by atoms with van der Waals surface area (Å²) in [5, 5.41) is 16.0. The molecule has 0 atom stereocenters. The molecule has 0 saturated carbocycles.